The molecule has 0 fully saturated rings. The highest BCUT2D eigenvalue weighted by atomic mass is 32.1. The molecule has 0 atom stereocenters. The van der Waals surface area contributed by atoms with Crippen LogP contribution in [0.3, 0.4) is 0 Å². The van der Waals surface area contributed by atoms with Gasteiger partial charge >= 0.3 is 0 Å². The van der Waals surface area contributed by atoms with E-state index in [1.807, 2.05) is 6.92 Å². The number of hydrogen-bond donors (Lipinski definition) is 2. The second kappa shape index (κ2) is 8.40. The zero-order chi connectivity index (χ0) is 14.1. The van der Waals surface area contributed by atoms with Gasteiger partial charge in [-0.25, -0.2) is 4.39 Å². The summed E-state index contributed by atoms with van der Waals surface area (Å²) in [6.07, 6.45) is 0.850. The minimum Gasteiger partial charge on any atom is -0.382 e. The molecule has 0 aromatic heterocycles. The normalized spacial score (nSPS) is 9.74. The van der Waals surface area contributed by atoms with Crippen LogP contribution in [0.4, 0.5) is 10.1 Å². The maximum Gasteiger partial charge on any atom is 0.170 e. The van der Waals surface area contributed by atoms with Crippen molar-refractivity contribution in [2.45, 2.75) is 13.3 Å². The van der Waals surface area contributed by atoms with Gasteiger partial charge in [0.05, 0.1) is 5.56 Å². The molecule has 0 aliphatic rings. The number of halogens is 1. The summed E-state index contributed by atoms with van der Waals surface area (Å²) < 4.78 is 18.3. The summed E-state index contributed by atoms with van der Waals surface area (Å²) in [5.74, 6) is -0.538. The summed E-state index contributed by atoms with van der Waals surface area (Å²) in [6.45, 7) is 4.02. The third-order valence-corrected chi connectivity index (χ3v) is 2.55. The van der Waals surface area contributed by atoms with Gasteiger partial charge in [-0.2, -0.15) is 5.26 Å². The van der Waals surface area contributed by atoms with Crippen LogP contribution in [0.1, 0.15) is 18.9 Å². The molecule has 0 spiro atoms. The number of nitriles is 1. The fourth-order valence-electron chi connectivity index (χ4n) is 1.38. The van der Waals surface area contributed by atoms with E-state index in [1.54, 1.807) is 6.07 Å². The van der Waals surface area contributed by atoms with Gasteiger partial charge in [0.1, 0.15) is 11.9 Å². The smallest absolute Gasteiger partial charge is 0.170 e. The zero-order valence-corrected chi connectivity index (χ0v) is 11.5. The van der Waals surface area contributed by atoms with Crippen molar-refractivity contribution in [3.8, 4) is 6.07 Å². The van der Waals surface area contributed by atoms with Crippen molar-refractivity contribution in [2.75, 3.05) is 25.1 Å². The summed E-state index contributed by atoms with van der Waals surface area (Å²) in [7, 11) is 0. The fourth-order valence-corrected chi connectivity index (χ4v) is 1.60. The Morgan fingerprint density at radius 2 is 2.32 bits per heavy atom. The highest BCUT2D eigenvalue weighted by molar-refractivity contribution is 7.80. The van der Waals surface area contributed by atoms with Gasteiger partial charge in [0, 0.05) is 25.4 Å². The van der Waals surface area contributed by atoms with Crippen molar-refractivity contribution >= 4 is 23.0 Å². The minimum absolute atomic E-state index is 0.0101. The van der Waals surface area contributed by atoms with Gasteiger partial charge in [0.15, 0.2) is 5.11 Å². The van der Waals surface area contributed by atoms with E-state index in [-0.39, 0.29) is 5.56 Å². The van der Waals surface area contributed by atoms with Crippen molar-refractivity contribution in [1.82, 2.24) is 5.32 Å². The summed E-state index contributed by atoms with van der Waals surface area (Å²) in [6, 6.07) is 5.97. The molecule has 0 heterocycles. The fraction of sp³-hybridized carbons (Fsp3) is 0.385. The van der Waals surface area contributed by atoms with Crippen LogP contribution in [0.15, 0.2) is 18.2 Å². The quantitative estimate of drug-likeness (QED) is 0.619. The van der Waals surface area contributed by atoms with Gasteiger partial charge in [-0.05, 0) is 43.8 Å². The number of rotatable bonds is 6. The van der Waals surface area contributed by atoms with Gasteiger partial charge < -0.3 is 15.4 Å². The summed E-state index contributed by atoms with van der Waals surface area (Å²) >= 11 is 5.09. The molecule has 1 aromatic carbocycles. The first-order chi connectivity index (χ1) is 9.17. The highest BCUT2D eigenvalue weighted by Gasteiger charge is 2.03. The standard InChI is InChI=1S/C13H16FN3OS/c1-2-18-7-3-6-16-13(19)17-11-4-5-12(14)10(8-11)9-15/h4-5,8H,2-3,6-7H2,1H3,(H2,16,17,19). The average molecular weight is 281 g/mol. The molecule has 0 amide bonds. The van der Waals surface area contributed by atoms with Gasteiger partial charge in [0.25, 0.3) is 0 Å². The lowest BCUT2D eigenvalue weighted by Gasteiger charge is -2.10. The van der Waals surface area contributed by atoms with Crippen LogP contribution in [0.25, 0.3) is 0 Å². The molecule has 0 unspecified atom stereocenters. The molecule has 19 heavy (non-hydrogen) atoms. The van der Waals surface area contributed by atoms with Gasteiger partial charge in [-0.15, -0.1) is 0 Å². The number of nitrogens with one attached hydrogen (secondary N) is 2. The monoisotopic (exact) mass is 281 g/mol. The first kappa shape index (κ1) is 15.3. The summed E-state index contributed by atoms with van der Waals surface area (Å²) in [4.78, 5) is 0. The Kier molecular flexibility index (Phi) is 6.79. The van der Waals surface area contributed by atoms with Crippen molar-refractivity contribution < 1.29 is 9.13 Å². The first-order valence-electron chi connectivity index (χ1n) is 5.99. The number of anilines is 1. The molecule has 6 heteroatoms. The van der Waals surface area contributed by atoms with Crippen LogP contribution >= 0.6 is 12.2 Å². The Morgan fingerprint density at radius 1 is 1.53 bits per heavy atom. The average Bonchev–Trinajstić information content (AvgIpc) is 2.40. The predicted molar refractivity (Wildman–Crippen MR) is 76.4 cm³/mol. The number of ether oxygens (including phenoxy) is 1. The number of benzene rings is 1. The van der Waals surface area contributed by atoms with Crippen molar-refractivity contribution in [3.63, 3.8) is 0 Å². The molecule has 0 aliphatic carbocycles. The topological polar surface area (TPSA) is 57.1 Å². The number of hydrogen-bond acceptors (Lipinski definition) is 3. The van der Waals surface area contributed by atoms with Crippen LogP contribution < -0.4 is 10.6 Å². The van der Waals surface area contributed by atoms with Crippen molar-refractivity contribution in [1.29, 1.82) is 5.26 Å². The molecule has 0 saturated carbocycles. The number of thiocarbonyl (C=S) groups is 1. The van der Waals surface area contributed by atoms with E-state index in [0.717, 1.165) is 6.42 Å². The van der Waals surface area contributed by atoms with Crippen LogP contribution in [0.5, 0.6) is 0 Å². The Hall–Kier alpha value is -1.71. The molecule has 102 valence electrons. The second-order valence-corrected chi connectivity index (χ2v) is 4.15. The zero-order valence-electron chi connectivity index (χ0n) is 10.7. The summed E-state index contributed by atoms with van der Waals surface area (Å²) in [5, 5.41) is 15.1. The molecule has 1 rings (SSSR count). The molecule has 4 nitrogen and oxygen atoms in total. The Morgan fingerprint density at radius 3 is 3.00 bits per heavy atom. The lowest BCUT2D eigenvalue weighted by molar-refractivity contribution is 0.146. The van der Waals surface area contributed by atoms with E-state index in [2.05, 4.69) is 10.6 Å². The van der Waals surface area contributed by atoms with Crippen molar-refractivity contribution in [2.24, 2.45) is 0 Å². The van der Waals surface area contributed by atoms with Crippen molar-refractivity contribution in [3.05, 3.63) is 29.6 Å². The van der Waals surface area contributed by atoms with E-state index in [1.165, 1.54) is 18.2 Å². The second-order valence-electron chi connectivity index (χ2n) is 3.74. The minimum atomic E-state index is -0.538. The van der Waals surface area contributed by atoms with Gasteiger partial charge in [-0.3, -0.25) is 0 Å². The first-order valence-corrected chi connectivity index (χ1v) is 6.40. The maximum absolute atomic E-state index is 13.1. The Bertz CT molecular complexity index is 473. The largest absolute Gasteiger partial charge is 0.382 e. The molecular weight excluding hydrogens is 265 g/mol. The van der Waals surface area contributed by atoms with E-state index in [4.69, 9.17) is 22.2 Å². The van der Waals surface area contributed by atoms with Crippen LogP contribution in [0, 0.1) is 17.1 Å². The SMILES string of the molecule is CCOCCCNC(=S)Nc1ccc(F)c(C#N)c1. The van der Waals surface area contributed by atoms with E-state index >= 15 is 0 Å². The Labute approximate surface area is 117 Å². The molecule has 0 bridgehead atoms. The van der Waals surface area contributed by atoms with Crippen LogP contribution in [0.2, 0.25) is 0 Å². The Balaban J connectivity index is 2.38. The van der Waals surface area contributed by atoms with E-state index in [9.17, 15) is 4.39 Å². The molecule has 0 aliphatic heterocycles. The molecule has 1 aromatic rings. The van der Waals surface area contributed by atoms with Crippen LogP contribution in [-0.4, -0.2) is 24.9 Å². The lowest BCUT2D eigenvalue weighted by Crippen LogP contribution is -2.29. The molecule has 0 radical (unpaired) electrons. The lowest BCUT2D eigenvalue weighted by atomic mass is 10.2. The van der Waals surface area contributed by atoms with Gasteiger partial charge in [0.2, 0.25) is 0 Å². The maximum atomic E-state index is 13.1. The molecular formula is C13H16FN3OS. The predicted octanol–water partition coefficient (Wildman–Crippen LogP) is 2.41. The summed E-state index contributed by atoms with van der Waals surface area (Å²) in [5.41, 5.74) is 0.574. The molecule has 2 N–H and O–H groups in total. The molecule has 0 saturated heterocycles. The highest BCUT2D eigenvalue weighted by Crippen LogP contribution is 2.13. The third-order valence-electron chi connectivity index (χ3n) is 2.30. The van der Waals surface area contributed by atoms with Crippen LogP contribution in [-0.2, 0) is 4.74 Å². The number of nitrogens with zero attached hydrogens (tertiary/aromatic N) is 1. The van der Waals surface area contributed by atoms with E-state index < -0.39 is 5.82 Å². The van der Waals surface area contributed by atoms with Gasteiger partial charge in [-0.1, -0.05) is 0 Å². The van der Waals surface area contributed by atoms with E-state index in [0.29, 0.717) is 30.6 Å². The third kappa shape index (κ3) is 5.64.